The highest BCUT2D eigenvalue weighted by Gasteiger charge is 2.23. The Labute approximate surface area is 163 Å². The minimum Gasteiger partial charge on any atom is -0.464 e. The number of benzene rings is 1. The Bertz CT molecular complexity index is 518. The predicted octanol–water partition coefficient (Wildman–Crippen LogP) is 5.03. The van der Waals surface area contributed by atoms with Gasteiger partial charge in [-0.2, -0.15) is 0 Å². The summed E-state index contributed by atoms with van der Waals surface area (Å²) in [7, 11) is 0. The fraction of sp³-hybridized carbons (Fsp3) is 0.636. The average Bonchev–Trinajstić information content (AvgIpc) is 2.68. The first-order valence-corrected chi connectivity index (χ1v) is 10.3. The third-order valence-electron chi connectivity index (χ3n) is 4.29. The van der Waals surface area contributed by atoms with Crippen LogP contribution in [-0.4, -0.2) is 31.3 Å². The molecule has 0 radical (unpaired) electrons. The fourth-order valence-electron chi connectivity index (χ4n) is 2.75. The molecule has 152 valence electrons. The van der Waals surface area contributed by atoms with Crippen molar-refractivity contribution >= 4 is 12.1 Å². The monoisotopic (exact) mass is 377 g/mol. The van der Waals surface area contributed by atoms with Crippen molar-refractivity contribution in [1.82, 2.24) is 5.32 Å². The molecule has 1 aromatic rings. The van der Waals surface area contributed by atoms with Gasteiger partial charge in [-0.05, 0) is 18.4 Å². The maximum absolute atomic E-state index is 12.4. The van der Waals surface area contributed by atoms with E-state index in [0.717, 1.165) is 24.8 Å². The molecule has 0 unspecified atom stereocenters. The van der Waals surface area contributed by atoms with Crippen molar-refractivity contribution in [2.75, 3.05) is 13.2 Å². The Balaban J connectivity index is 2.41. The van der Waals surface area contributed by atoms with E-state index in [9.17, 15) is 9.59 Å². The quantitative estimate of drug-likeness (QED) is 0.365. The van der Waals surface area contributed by atoms with Gasteiger partial charge in [-0.1, -0.05) is 82.7 Å². The molecule has 1 atom stereocenters. The third-order valence-corrected chi connectivity index (χ3v) is 4.29. The van der Waals surface area contributed by atoms with Crippen LogP contribution in [0, 0.1) is 0 Å². The number of esters is 1. The molecule has 1 aromatic carbocycles. The number of rotatable bonds is 14. The third kappa shape index (κ3) is 11.3. The number of carbonyl (C=O) groups is 2. The van der Waals surface area contributed by atoms with Gasteiger partial charge in [0.2, 0.25) is 0 Å². The molecule has 0 fully saturated rings. The first-order chi connectivity index (χ1) is 13.2. The lowest BCUT2D eigenvalue weighted by Gasteiger charge is -2.17. The molecule has 0 heterocycles. The van der Waals surface area contributed by atoms with Gasteiger partial charge < -0.3 is 14.8 Å². The molecule has 0 saturated carbocycles. The second kappa shape index (κ2) is 15.1. The number of hydrogen-bond acceptors (Lipinski definition) is 4. The molecule has 5 nitrogen and oxygen atoms in total. The second-order valence-electron chi connectivity index (χ2n) is 6.81. The van der Waals surface area contributed by atoms with Gasteiger partial charge in [0.1, 0.15) is 6.04 Å². The molecule has 1 N–H and O–H groups in total. The molecule has 0 aliphatic carbocycles. The number of amides is 1. The number of nitrogens with one attached hydrogen (secondary N) is 1. The summed E-state index contributed by atoms with van der Waals surface area (Å²) < 4.78 is 10.4. The summed E-state index contributed by atoms with van der Waals surface area (Å²) in [5.41, 5.74) is 0.964. The van der Waals surface area contributed by atoms with E-state index in [1.807, 2.05) is 37.3 Å². The van der Waals surface area contributed by atoms with Crippen molar-refractivity contribution in [2.45, 2.75) is 77.7 Å². The van der Waals surface area contributed by atoms with E-state index in [2.05, 4.69) is 12.2 Å². The predicted molar refractivity (Wildman–Crippen MR) is 108 cm³/mol. The number of ether oxygens (including phenoxy) is 2. The highest BCUT2D eigenvalue weighted by Crippen LogP contribution is 2.08. The fourth-order valence-corrected chi connectivity index (χ4v) is 2.75. The van der Waals surface area contributed by atoms with Crippen molar-refractivity contribution in [3.63, 3.8) is 0 Å². The van der Waals surface area contributed by atoms with E-state index in [4.69, 9.17) is 9.47 Å². The normalized spacial score (nSPS) is 11.6. The largest absolute Gasteiger partial charge is 0.464 e. The Morgan fingerprint density at radius 1 is 0.852 bits per heavy atom. The zero-order chi connectivity index (χ0) is 19.7. The minimum absolute atomic E-state index is 0.330. The Morgan fingerprint density at radius 3 is 2.19 bits per heavy atom. The number of unbranched alkanes of at least 4 members (excludes halogenated alkanes) is 6. The van der Waals surface area contributed by atoms with Gasteiger partial charge in [0.05, 0.1) is 13.2 Å². The molecule has 0 aliphatic rings. The van der Waals surface area contributed by atoms with E-state index in [-0.39, 0.29) is 0 Å². The first kappa shape index (κ1) is 23.0. The summed E-state index contributed by atoms with van der Waals surface area (Å²) >= 11 is 0. The number of alkyl carbamates (subject to hydrolysis) is 1. The van der Waals surface area contributed by atoms with Crippen LogP contribution in [0.2, 0.25) is 0 Å². The average molecular weight is 378 g/mol. The zero-order valence-corrected chi connectivity index (χ0v) is 16.9. The van der Waals surface area contributed by atoms with E-state index in [0.29, 0.717) is 19.6 Å². The maximum Gasteiger partial charge on any atom is 0.407 e. The van der Waals surface area contributed by atoms with Crippen LogP contribution in [0.25, 0.3) is 0 Å². The van der Waals surface area contributed by atoms with E-state index < -0.39 is 18.1 Å². The summed E-state index contributed by atoms with van der Waals surface area (Å²) in [5, 5.41) is 2.64. The molecule has 0 bridgehead atoms. The summed E-state index contributed by atoms with van der Waals surface area (Å²) in [6.45, 7) is 4.85. The zero-order valence-electron chi connectivity index (χ0n) is 16.9. The van der Waals surface area contributed by atoms with Gasteiger partial charge in [0, 0.05) is 6.42 Å². The second-order valence-corrected chi connectivity index (χ2v) is 6.81. The van der Waals surface area contributed by atoms with Crippen LogP contribution >= 0.6 is 0 Å². The van der Waals surface area contributed by atoms with Crippen LogP contribution in [0.15, 0.2) is 30.3 Å². The highest BCUT2D eigenvalue weighted by atomic mass is 16.6. The Morgan fingerprint density at radius 2 is 1.52 bits per heavy atom. The van der Waals surface area contributed by atoms with Crippen LogP contribution in [-0.2, 0) is 20.7 Å². The highest BCUT2D eigenvalue weighted by molar-refractivity contribution is 5.81. The molecule has 5 heteroatoms. The number of hydrogen-bond donors (Lipinski definition) is 1. The summed E-state index contributed by atoms with van der Waals surface area (Å²) in [6, 6.07) is 8.85. The van der Waals surface area contributed by atoms with Gasteiger partial charge >= 0.3 is 12.1 Å². The minimum atomic E-state index is -0.735. The Hall–Kier alpha value is -2.04. The summed E-state index contributed by atoms with van der Waals surface area (Å²) in [5.74, 6) is -0.404. The van der Waals surface area contributed by atoms with Gasteiger partial charge in [0.25, 0.3) is 0 Å². The van der Waals surface area contributed by atoms with Crippen LogP contribution in [0.5, 0.6) is 0 Å². The molecule has 0 aromatic heterocycles. The number of carbonyl (C=O) groups excluding carboxylic acids is 2. The lowest BCUT2D eigenvalue weighted by atomic mass is 10.1. The maximum atomic E-state index is 12.4. The molecule has 27 heavy (non-hydrogen) atoms. The molecular formula is C22H35NO4. The molecule has 0 saturated heterocycles. The standard InChI is InChI=1S/C22H35NO4/c1-3-5-6-7-8-9-13-17-26-21(24)20(23-22(25)27-16-4-2)18-19-14-11-10-12-15-19/h10-12,14-15,20H,3-9,13,16-18H2,1-2H3,(H,23,25)/t20-/m0/s1. The van der Waals surface area contributed by atoms with Gasteiger partial charge in [0.15, 0.2) is 0 Å². The molecule has 1 amide bonds. The Kier molecular flexibility index (Phi) is 12.8. The van der Waals surface area contributed by atoms with Crippen molar-refractivity contribution < 1.29 is 19.1 Å². The topological polar surface area (TPSA) is 64.6 Å². The van der Waals surface area contributed by atoms with Crippen LogP contribution in [0.1, 0.15) is 70.8 Å². The van der Waals surface area contributed by atoms with Gasteiger partial charge in [-0.15, -0.1) is 0 Å². The van der Waals surface area contributed by atoms with Gasteiger partial charge in [-0.3, -0.25) is 0 Å². The molecule has 0 aliphatic heterocycles. The van der Waals surface area contributed by atoms with Crippen molar-refractivity contribution in [1.29, 1.82) is 0 Å². The van der Waals surface area contributed by atoms with E-state index >= 15 is 0 Å². The van der Waals surface area contributed by atoms with Crippen molar-refractivity contribution in [2.24, 2.45) is 0 Å². The summed E-state index contributed by atoms with van der Waals surface area (Å²) in [6.07, 6.45) is 8.68. The lowest BCUT2D eigenvalue weighted by Crippen LogP contribution is -2.43. The van der Waals surface area contributed by atoms with Crippen LogP contribution in [0.4, 0.5) is 4.79 Å². The van der Waals surface area contributed by atoms with E-state index in [1.54, 1.807) is 0 Å². The molecular weight excluding hydrogens is 342 g/mol. The van der Waals surface area contributed by atoms with Gasteiger partial charge in [-0.25, -0.2) is 9.59 Å². The molecule has 1 rings (SSSR count). The van der Waals surface area contributed by atoms with Crippen LogP contribution < -0.4 is 5.32 Å². The smallest absolute Gasteiger partial charge is 0.407 e. The van der Waals surface area contributed by atoms with Crippen molar-refractivity contribution in [3.05, 3.63) is 35.9 Å². The lowest BCUT2D eigenvalue weighted by molar-refractivity contribution is -0.146. The first-order valence-electron chi connectivity index (χ1n) is 10.3. The van der Waals surface area contributed by atoms with Crippen LogP contribution in [0.3, 0.4) is 0 Å². The van der Waals surface area contributed by atoms with E-state index in [1.165, 1.54) is 32.1 Å². The summed E-state index contributed by atoms with van der Waals surface area (Å²) in [4.78, 5) is 24.3. The molecule has 0 spiro atoms. The SMILES string of the molecule is CCCCCCCCCOC(=O)[C@H](Cc1ccccc1)NC(=O)OCCC. The van der Waals surface area contributed by atoms with Crippen molar-refractivity contribution in [3.8, 4) is 0 Å².